The van der Waals surface area contributed by atoms with E-state index < -0.39 is 23.3 Å². The van der Waals surface area contributed by atoms with Gasteiger partial charge in [0.1, 0.15) is 23.5 Å². The van der Waals surface area contributed by atoms with E-state index in [-0.39, 0.29) is 5.91 Å². The van der Waals surface area contributed by atoms with Crippen molar-refractivity contribution in [1.29, 1.82) is 0 Å². The molecule has 0 N–H and O–H groups in total. The predicted molar refractivity (Wildman–Crippen MR) is 105 cm³/mol. The van der Waals surface area contributed by atoms with Crippen molar-refractivity contribution in [3.63, 3.8) is 0 Å². The molecule has 0 bridgehead atoms. The Balaban J connectivity index is 1.41. The summed E-state index contributed by atoms with van der Waals surface area (Å²) in [6.07, 6.45) is -0.438. The predicted octanol–water partition coefficient (Wildman–Crippen LogP) is 3.33. The number of rotatable bonds is 5. The monoisotopic (exact) mass is 402 g/mol. The SMILES string of the molecule is CC(=O)N1CCN(c2ccc(OC(C)C3(c4ccc(F)cc4F)CO3)cc2)CC1. The summed E-state index contributed by atoms with van der Waals surface area (Å²) in [5, 5.41) is 0. The van der Waals surface area contributed by atoms with Crippen molar-refractivity contribution >= 4 is 11.6 Å². The van der Waals surface area contributed by atoms with Gasteiger partial charge in [0.05, 0.1) is 6.61 Å². The Morgan fingerprint density at radius 2 is 1.76 bits per heavy atom. The Morgan fingerprint density at radius 3 is 2.31 bits per heavy atom. The van der Waals surface area contributed by atoms with Crippen LogP contribution in [-0.4, -0.2) is 49.7 Å². The molecule has 2 atom stereocenters. The average molecular weight is 402 g/mol. The summed E-state index contributed by atoms with van der Waals surface area (Å²) in [5.41, 5.74) is 0.487. The van der Waals surface area contributed by atoms with Crippen LogP contribution in [0.2, 0.25) is 0 Å². The summed E-state index contributed by atoms with van der Waals surface area (Å²) >= 11 is 0. The van der Waals surface area contributed by atoms with E-state index in [1.165, 1.54) is 12.1 Å². The fraction of sp³-hybridized carbons (Fsp3) is 0.409. The van der Waals surface area contributed by atoms with Crippen molar-refractivity contribution in [2.24, 2.45) is 0 Å². The van der Waals surface area contributed by atoms with Crippen LogP contribution in [0.3, 0.4) is 0 Å². The van der Waals surface area contributed by atoms with E-state index in [0.717, 1.165) is 24.8 Å². The molecule has 4 rings (SSSR count). The Morgan fingerprint density at radius 1 is 1.10 bits per heavy atom. The van der Waals surface area contributed by atoms with Gasteiger partial charge in [0.15, 0.2) is 5.60 Å². The summed E-state index contributed by atoms with van der Waals surface area (Å²) < 4.78 is 39.0. The van der Waals surface area contributed by atoms with Gasteiger partial charge >= 0.3 is 0 Å². The van der Waals surface area contributed by atoms with Crippen molar-refractivity contribution in [2.45, 2.75) is 25.6 Å². The average Bonchev–Trinajstić information content (AvgIpc) is 3.50. The number of carbonyl (C=O) groups is 1. The number of amides is 1. The van der Waals surface area contributed by atoms with E-state index in [2.05, 4.69) is 4.90 Å². The first-order valence-electron chi connectivity index (χ1n) is 9.76. The van der Waals surface area contributed by atoms with Crippen LogP contribution in [0.15, 0.2) is 42.5 Å². The lowest BCUT2D eigenvalue weighted by Crippen LogP contribution is -2.48. The van der Waals surface area contributed by atoms with Crippen molar-refractivity contribution < 1.29 is 23.0 Å². The van der Waals surface area contributed by atoms with Crippen molar-refractivity contribution in [3.05, 3.63) is 59.7 Å². The molecule has 154 valence electrons. The van der Waals surface area contributed by atoms with Gasteiger partial charge in [0, 0.05) is 50.4 Å². The highest BCUT2D eigenvalue weighted by Crippen LogP contribution is 2.44. The number of ether oxygens (including phenoxy) is 2. The number of anilines is 1. The van der Waals surface area contributed by atoms with E-state index in [1.807, 2.05) is 36.1 Å². The quantitative estimate of drug-likeness (QED) is 0.720. The molecule has 2 aliphatic heterocycles. The Bertz CT molecular complexity index is 891. The van der Waals surface area contributed by atoms with Crippen LogP contribution in [0.1, 0.15) is 19.4 Å². The minimum absolute atomic E-state index is 0.108. The number of halogens is 2. The Labute approximate surface area is 168 Å². The fourth-order valence-electron chi connectivity index (χ4n) is 3.83. The zero-order valence-corrected chi connectivity index (χ0v) is 16.5. The van der Waals surface area contributed by atoms with Crippen molar-refractivity contribution in [3.8, 4) is 5.75 Å². The molecule has 2 aromatic rings. The maximum atomic E-state index is 14.2. The molecule has 7 heteroatoms. The van der Waals surface area contributed by atoms with Crippen molar-refractivity contribution in [2.75, 3.05) is 37.7 Å². The zero-order valence-electron chi connectivity index (χ0n) is 16.5. The number of carbonyl (C=O) groups excluding carboxylic acids is 1. The van der Waals surface area contributed by atoms with Gasteiger partial charge in [0.25, 0.3) is 0 Å². The molecule has 0 saturated carbocycles. The molecule has 2 saturated heterocycles. The molecule has 0 aliphatic carbocycles. The molecule has 2 aromatic carbocycles. The van der Waals surface area contributed by atoms with Gasteiger partial charge in [-0.3, -0.25) is 4.79 Å². The van der Waals surface area contributed by atoms with Crippen LogP contribution in [-0.2, 0) is 15.1 Å². The number of benzene rings is 2. The molecule has 29 heavy (non-hydrogen) atoms. The standard InChI is InChI=1S/C22H24F2N2O3/c1-15(22(14-28-22)20-8-3-17(23)13-21(20)24)29-19-6-4-18(5-7-19)26-11-9-25(10-12-26)16(2)27/h3-8,13,15H,9-12,14H2,1-2H3. The minimum atomic E-state index is -0.889. The lowest BCUT2D eigenvalue weighted by molar-refractivity contribution is -0.129. The molecule has 2 fully saturated rings. The third kappa shape index (κ3) is 3.92. The first-order valence-corrected chi connectivity index (χ1v) is 9.76. The fourth-order valence-corrected chi connectivity index (χ4v) is 3.83. The van der Waals surface area contributed by atoms with Gasteiger partial charge in [-0.25, -0.2) is 8.78 Å². The first kappa shape index (κ1) is 19.6. The Kier molecular flexibility index (Phi) is 5.17. The summed E-state index contributed by atoms with van der Waals surface area (Å²) in [4.78, 5) is 15.5. The third-order valence-corrected chi connectivity index (χ3v) is 5.74. The number of nitrogens with zero attached hydrogens (tertiary/aromatic N) is 2. The van der Waals surface area contributed by atoms with Crippen LogP contribution in [0.25, 0.3) is 0 Å². The molecule has 5 nitrogen and oxygen atoms in total. The maximum absolute atomic E-state index is 14.2. The minimum Gasteiger partial charge on any atom is -0.487 e. The molecular formula is C22H24F2N2O3. The molecule has 0 radical (unpaired) electrons. The van der Waals surface area contributed by atoms with Crippen LogP contribution in [0.4, 0.5) is 14.5 Å². The Hall–Kier alpha value is -2.67. The van der Waals surface area contributed by atoms with Crippen LogP contribution in [0, 0.1) is 11.6 Å². The largest absolute Gasteiger partial charge is 0.487 e. The topological polar surface area (TPSA) is 45.3 Å². The summed E-state index contributed by atoms with van der Waals surface area (Å²) in [6.45, 7) is 6.76. The van der Waals surface area contributed by atoms with Gasteiger partial charge in [-0.1, -0.05) is 6.07 Å². The highest BCUT2D eigenvalue weighted by Gasteiger charge is 2.54. The molecule has 2 heterocycles. The van der Waals surface area contributed by atoms with Gasteiger partial charge in [-0.2, -0.15) is 0 Å². The second-order valence-electron chi connectivity index (χ2n) is 7.55. The van der Waals surface area contributed by atoms with Crippen molar-refractivity contribution in [1.82, 2.24) is 4.90 Å². The highest BCUT2D eigenvalue weighted by atomic mass is 19.1. The molecular weight excluding hydrogens is 378 g/mol. The first-order chi connectivity index (χ1) is 13.9. The second kappa shape index (κ2) is 7.63. The highest BCUT2D eigenvalue weighted by molar-refractivity contribution is 5.73. The molecule has 2 aliphatic rings. The molecule has 1 amide bonds. The zero-order chi connectivity index (χ0) is 20.6. The van der Waals surface area contributed by atoms with E-state index in [4.69, 9.17) is 9.47 Å². The van der Waals surface area contributed by atoms with Gasteiger partial charge in [0.2, 0.25) is 5.91 Å². The summed E-state index contributed by atoms with van der Waals surface area (Å²) in [6, 6.07) is 11.2. The molecule has 0 spiro atoms. The van der Waals surface area contributed by atoms with E-state index >= 15 is 0 Å². The van der Waals surface area contributed by atoms with Gasteiger partial charge in [-0.05, 0) is 37.3 Å². The van der Waals surface area contributed by atoms with E-state index in [1.54, 1.807) is 6.92 Å². The number of epoxide rings is 1. The number of piperazine rings is 1. The van der Waals surface area contributed by atoms with Crippen LogP contribution < -0.4 is 9.64 Å². The second-order valence-corrected chi connectivity index (χ2v) is 7.55. The molecule has 0 aromatic heterocycles. The smallest absolute Gasteiger partial charge is 0.219 e. The lowest BCUT2D eigenvalue weighted by atomic mass is 9.94. The van der Waals surface area contributed by atoms with E-state index in [9.17, 15) is 13.6 Å². The normalized spacial score (nSPS) is 22.3. The number of hydrogen-bond acceptors (Lipinski definition) is 4. The van der Waals surface area contributed by atoms with E-state index in [0.29, 0.717) is 31.0 Å². The van der Waals surface area contributed by atoms with Crippen LogP contribution >= 0.6 is 0 Å². The van der Waals surface area contributed by atoms with Gasteiger partial charge < -0.3 is 19.3 Å². The maximum Gasteiger partial charge on any atom is 0.219 e. The van der Waals surface area contributed by atoms with Crippen LogP contribution in [0.5, 0.6) is 5.75 Å². The van der Waals surface area contributed by atoms with Gasteiger partial charge in [-0.15, -0.1) is 0 Å². The summed E-state index contributed by atoms with van der Waals surface area (Å²) in [7, 11) is 0. The number of hydrogen-bond donors (Lipinski definition) is 0. The lowest BCUT2D eigenvalue weighted by Gasteiger charge is -2.35. The molecule has 2 unspecified atom stereocenters. The summed E-state index contributed by atoms with van der Waals surface area (Å²) in [5.74, 6) is -0.481. The third-order valence-electron chi connectivity index (χ3n) is 5.74.